The first-order chi connectivity index (χ1) is 16.3. The normalized spacial score (nSPS) is 16.0. The molecule has 0 aromatic heterocycles. The number of hydrogen-bond acceptors (Lipinski definition) is 3. The van der Waals surface area contributed by atoms with E-state index in [-0.39, 0.29) is 11.8 Å². The third-order valence-electron chi connectivity index (χ3n) is 6.01. The number of hydrogen-bond donors (Lipinski definition) is 1. The summed E-state index contributed by atoms with van der Waals surface area (Å²) in [5, 5.41) is 2.95. The van der Waals surface area contributed by atoms with Gasteiger partial charge >= 0.3 is 6.18 Å². The minimum atomic E-state index is -4.31. The highest BCUT2D eigenvalue weighted by Crippen LogP contribution is 2.34. The van der Waals surface area contributed by atoms with Crippen molar-refractivity contribution in [3.05, 3.63) is 89.5 Å². The molecule has 0 bridgehead atoms. The summed E-state index contributed by atoms with van der Waals surface area (Å²) in [5.74, 6) is 1.15. The van der Waals surface area contributed by atoms with Crippen LogP contribution in [0.4, 0.5) is 24.5 Å². The van der Waals surface area contributed by atoms with Gasteiger partial charge in [-0.25, -0.2) is 0 Å². The van der Waals surface area contributed by atoms with Crippen LogP contribution in [0, 0.1) is 0 Å². The van der Waals surface area contributed by atoms with E-state index in [1.807, 2.05) is 48.5 Å². The SMILES string of the molecule is CCSc1ccc(CC(=O)Nc2ccc(N3CCC(c4ccc(C(F)(F)F)cc4)C3)cc2)cc1. The van der Waals surface area contributed by atoms with E-state index in [9.17, 15) is 18.0 Å². The third kappa shape index (κ3) is 6.14. The molecule has 1 saturated heterocycles. The first kappa shape index (κ1) is 24.2. The second-order valence-electron chi connectivity index (χ2n) is 8.40. The van der Waals surface area contributed by atoms with Gasteiger partial charge in [-0.3, -0.25) is 4.79 Å². The highest BCUT2D eigenvalue weighted by Gasteiger charge is 2.31. The molecule has 0 spiro atoms. The Morgan fingerprint density at radius 1 is 1.00 bits per heavy atom. The van der Waals surface area contributed by atoms with Crippen LogP contribution in [0.1, 0.15) is 36.0 Å². The number of nitrogens with one attached hydrogen (secondary N) is 1. The molecule has 34 heavy (non-hydrogen) atoms. The van der Waals surface area contributed by atoms with Crippen molar-refractivity contribution in [3.63, 3.8) is 0 Å². The molecule has 1 unspecified atom stereocenters. The summed E-state index contributed by atoms with van der Waals surface area (Å²) >= 11 is 1.77. The van der Waals surface area contributed by atoms with Gasteiger partial charge in [-0.05, 0) is 71.8 Å². The minimum Gasteiger partial charge on any atom is -0.371 e. The average molecular weight is 485 g/mol. The Morgan fingerprint density at radius 3 is 2.29 bits per heavy atom. The van der Waals surface area contributed by atoms with E-state index in [1.54, 1.807) is 23.9 Å². The van der Waals surface area contributed by atoms with Crippen LogP contribution in [0.2, 0.25) is 0 Å². The Labute approximate surface area is 202 Å². The van der Waals surface area contributed by atoms with Gasteiger partial charge in [0.2, 0.25) is 5.91 Å². The first-order valence-electron chi connectivity index (χ1n) is 11.4. The summed E-state index contributed by atoms with van der Waals surface area (Å²) in [5.41, 5.74) is 3.07. The number of carbonyl (C=O) groups excluding carboxylic acids is 1. The van der Waals surface area contributed by atoms with Crippen molar-refractivity contribution in [1.29, 1.82) is 0 Å². The molecule has 4 rings (SSSR count). The van der Waals surface area contributed by atoms with Crippen molar-refractivity contribution in [3.8, 4) is 0 Å². The molecule has 1 N–H and O–H groups in total. The largest absolute Gasteiger partial charge is 0.416 e. The van der Waals surface area contributed by atoms with Crippen molar-refractivity contribution in [2.24, 2.45) is 0 Å². The van der Waals surface area contributed by atoms with Gasteiger partial charge < -0.3 is 10.2 Å². The molecule has 1 aliphatic rings. The van der Waals surface area contributed by atoms with Gasteiger partial charge in [0.15, 0.2) is 0 Å². The van der Waals surface area contributed by atoms with Gasteiger partial charge in [-0.15, -0.1) is 11.8 Å². The van der Waals surface area contributed by atoms with Crippen LogP contribution in [-0.2, 0) is 17.4 Å². The highest BCUT2D eigenvalue weighted by atomic mass is 32.2. The van der Waals surface area contributed by atoms with E-state index < -0.39 is 11.7 Å². The molecule has 1 aliphatic heterocycles. The van der Waals surface area contributed by atoms with E-state index >= 15 is 0 Å². The van der Waals surface area contributed by atoms with E-state index in [0.717, 1.165) is 59.9 Å². The predicted molar refractivity (Wildman–Crippen MR) is 133 cm³/mol. The lowest BCUT2D eigenvalue weighted by Gasteiger charge is -2.19. The Balaban J connectivity index is 1.30. The van der Waals surface area contributed by atoms with Crippen molar-refractivity contribution >= 4 is 29.0 Å². The number of benzene rings is 3. The van der Waals surface area contributed by atoms with Crippen LogP contribution in [0.25, 0.3) is 0 Å². The zero-order valence-electron chi connectivity index (χ0n) is 18.9. The molecule has 0 radical (unpaired) electrons. The zero-order chi connectivity index (χ0) is 24.1. The van der Waals surface area contributed by atoms with Gasteiger partial charge in [0.05, 0.1) is 12.0 Å². The number of carbonyl (C=O) groups is 1. The minimum absolute atomic E-state index is 0.0628. The number of anilines is 2. The molecular weight excluding hydrogens is 457 g/mol. The number of halogens is 3. The van der Waals surface area contributed by atoms with E-state index in [1.165, 1.54) is 4.90 Å². The molecule has 3 aromatic carbocycles. The first-order valence-corrected chi connectivity index (χ1v) is 12.3. The molecule has 3 nitrogen and oxygen atoms in total. The lowest BCUT2D eigenvalue weighted by molar-refractivity contribution is -0.137. The van der Waals surface area contributed by atoms with Gasteiger partial charge in [0, 0.05) is 35.3 Å². The number of alkyl halides is 3. The van der Waals surface area contributed by atoms with Crippen LogP contribution in [0.3, 0.4) is 0 Å². The van der Waals surface area contributed by atoms with Gasteiger partial charge in [-0.1, -0.05) is 31.2 Å². The highest BCUT2D eigenvalue weighted by molar-refractivity contribution is 7.99. The summed E-state index contributed by atoms with van der Waals surface area (Å²) < 4.78 is 38.4. The smallest absolute Gasteiger partial charge is 0.371 e. The Kier molecular flexibility index (Phi) is 7.51. The standard InChI is InChI=1S/C27H27F3N2OS/c1-2-34-25-13-3-19(4-14-25)17-26(33)31-23-9-11-24(12-10-23)32-16-15-21(18-32)20-5-7-22(8-6-20)27(28,29)30/h3-14,21H,2,15-18H2,1H3,(H,31,33). The number of nitrogens with zero attached hydrogens (tertiary/aromatic N) is 1. The molecule has 3 aromatic rings. The fourth-order valence-electron chi connectivity index (χ4n) is 4.23. The van der Waals surface area contributed by atoms with E-state index in [2.05, 4.69) is 17.1 Å². The monoisotopic (exact) mass is 484 g/mol. The van der Waals surface area contributed by atoms with Crippen LogP contribution in [0.5, 0.6) is 0 Å². The molecular formula is C27H27F3N2OS. The third-order valence-corrected chi connectivity index (χ3v) is 6.91. The van der Waals surface area contributed by atoms with Crippen molar-refractivity contribution in [1.82, 2.24) is 0 Å². The molecule has 7 heteroatoms. The van der Waals surface area contributed by atoms with Crippen molar-refractivity contribution < 1.29 is 18.0 Å². The van der Waals surface area contributed by atoms with Crippen molar-refractivity contribution in [2.75, 3.05) is 29.1 Å². The quantitative estimate of drug-likeness (QED) is 0.367. The molecule has 0 saturated carbocycles. The fourth-order valence-corrected chi connectivity index (χ4v) is 4.89. The average Bonchev–Trinajstić information content (AvgIpc) is 3.31. The van der Waals surface area contributed by atoms with E-state index in [4.69, 9.17) is 0 Å². The summed E-state index contributed by atoms with van der Waals surface area (Å²) in [7, 11) is 0. The van der Waals surface area contributed by atoms with Gasteiger partial charge in [0.25, 0.3) is 0 Å². The predicted octanol–water partition coefficient (Wildman–Crippen LogP) is 6.99. The second kappa shape index (κ2) is 10.6. The molecule has 1 amide bonds. The van der Waals surface area contributed by atoms with Crippen LogP contribution in [0.15, 0.2) is 77.7 Å². The summed E-state index contributed by atoms with van der Waals surface area (Å²) in [6.45, 7) is 3.70. The Bertz CT molecular complexity index is 1100. The van der Waals surface area contributed by atoms with Crippen molar-refractivity contribution in [2.45, 2.75) is 36.8 Å². The van der Waals surface area contributed by atoms with E-state index in [0.29, 0.717) is 6.42 Å². The number of thioether (sulfide) groups is 1. The zero-order valence-corrected chi connectivity index (χ0v) is 19.8. The molecule has 1 fully saturated rings. The van der Waals surface area contributed by atoms with Crippen LogP contribution < -0.4 is 10.2 Å². The van der Waals surface area contributed by atoms with Gasteiger partial charge in [0.1, 0.15) is 0 Å². The fraction of sp³-hybridized carbons (Fsp3) is 0.296. The maximum absolute atomic E-state index is 12.8. The summed E-state index contributed by atoms with van der Waals surface area (Å²) in [6, 6.07) is 21.3. The maximum atomic E-state index is 12.8. The maximum Gasteiger partial charge on any atom is 0.416 e. The Morgan fingerprint density at radius 2 is 1.68 bits per heavy atom. The summed E-state index contributed by atoms with van der Waals surface area (Å²) in [6.07, 6.45) is -3.10. The molecule has 0 aliphatic carbocycles. The lowest BCUT2D eigenvalue weighted by Crippen LogP contribution is -2.19. The number of rotatable bonds is 7. The summed E-state index contributed by atoms with van der Waals surface area (Å²) in [4.78, 5) is 15.8. The molecule has 1 atom stereocenters. The lowest BCUT2D eigenvalue weighted by atomic mass is 9.97. The second-order valence-corrected chi connectivity index (χ2v) is 9.74. The number of amides is 1. The van der Waals surface area contributed by atoms with Gasteiger partial charge in [-0.2, -0.15) is 13.2 Å². The topological polar surface area (TPSA) is 32.3 Å². The van der Waals surface area contributed by atoms with Crippen LogP contribution >= 0.6 is 11.8 Å². The Hall–Kier alpha value is -2.93. The molecule has 1 heterocycles. The molecule has 178 valence electrons. The van der Waals surface area contributed by atoms with Crippen LogP contribution in [-0.4, -0.2) is 24.7 Å².